The fourth-order valence-corrected chi connectivity index (χ4v) is 3.16. The van der Waals surface area contributed by atoms with Crippen LogP contribution in [0.25, 0.3) is 16.8 Å². The van der Waals surface area contributed by atoms with E-state index in [2.05, 4.69) is 30.3 Å². The number of benzene rings is 3. The molecule has 0 bridgehead atoms. The van der Waals surface area contributed by atoms with Crippen LogP contribution in [-0.4, -0.2) is 38.6 Å². The Morgan fingerprint density at radius 2 is 1.71 bits per heavy atom. The first kappa shape index (κ1) is 19.5. The highest BCUT2D eigenvalue weighted by molar-refractivity contribution is 5.92. The van der Waals surface area contributed by atoms with E-state index in [0.29, 0.717) is 18.0 Å². The van der Waals surface area contributed by atoms with Gasteiger partial charge in [-0.05, 0) is 46.5 Å². The zero-order valence-corrected chi connectivity index (χ0v) is 16.5. The van der Waals surface area contributed by atoms with Crippen LogP contribution in [-0.2, 0) is 11.2 Å². The molecule has 0 radical (unpaired) electrons. The Kier molecular flexibility index (Phi) is 6.33. The van der Waals surface area contributed by atoms with Crippen molar-refractivity contribution in [2.24, 2.45) is 0 Å². The average Bonchev–Trinajstić information content (AvgIpc) is 2.75. The summed E-state index contributed by atoms with van der Waals surface area (Å²) in [6.07, 6.45) is 4.19. The third-order valence-corrected chi connectivity index (χ3v) is 4.80. The van der Waals surface area contributed by atoms with Crippen LogP contribution in [0.4, 0.5) is 0 Å². The van der Waals surface area contributed by atoms with E-state index in [-0.39, 0.29) is 5.91 Å². The number of carbonyl (C=O) groups excluding carboxylic acids is 1. The zero-order valence-electron chi connectivity index (χ0n) is 16.5. The summed E-state index contributed by atoms with van der Waals surface area (Å²) in [6.45, 7) is 0.656. The molecule has 3 aromatic carbocycles. The first-order valence-corrected chi connectivity index (χ1v) is 9.24. The number of methoxy groups -OCH3 is 2. The molecule has 4 nitrogen and oxygen atoms in total. The van der Waals surface area contributed by atoms with Gasteiger partial charge in [0.05, 0.1) is 14.2 Å². The Labute approximate surface area is 166 Å². The molecule has 0 saturated carbocycles. The molecule has 0 aliphatic heterocycles. The van der Waals surface area contributed by atoms with E-state index in [1.54, 1.807) is 31.3 Å². The summed E-state index contributed by atoms with van der Waals surface area (Å²) in [5.74, 6) is 1.27. The number of carbonyl (C=O) groups is 1. The molecule has 0 saturated heterocycles. The Hall–Kier alpha value is -3.27. The monoisotopic (exact) mass is 375 g/mol. The minimum Gasteiger partial charge on any atom is -0.493 e. The standard InChI is InChI=1S/C24H25NO3/c1-25(16-15-20-9-6-8-19-7-4-5-10-21(19)20)24(26)14-12-18-11-13-22(27-2)23(17-18)28-3/h4-14,17H,15-16H2,1-3H3/b14-12+. The number of ether oxygens (including phenoxy) is 2. The highest BCUT2D eigenvalue weighted by Gasteiger charge is 2.08. The van der Waals surface area contributed by atoms with Crippen molar-refractivity contribution in [1.29, 1.82) is 0 Å². The Morgan fingerprint density at radius 3 is 2.50 bits per heavy atom. The van der Waals surface area contributed by atoms with Crippen LogP contribution in [0.15, 0.2) is 66.7 Å². The van der Waals surface area contributed by atoms with Crippen molar-refractivity contribution in [1.82, 2.24) is 4.90 Å². The van der Waals surface area contributed by atoms with Crippen molar-refractivity contribution in [2.45, 2.75) is 6.42 Å². The molecular weight excluding hydrogens is 350 g/mol. The van der Waals surface area contributed by atoms with Crippen molar-refractivity contribution in [3.05, 3.63) is 77.9 Å². The molecule has 0 aliphatic carbocycles. The van der Waals surface area contributed by atoms with E-state index < -0.39 is 0 Å². The number of fused-ring (bicyclic) bond motifs is 1. The second-order valence-corrected chi connectivity index (χ2v) is 6.60. The molecule has 0 heterocycles. The van der Waals surface area contributed by atoms with Gasteiger partial charge < -0.3 is 14.4 Å². The quantitative estimate of drug-likeness (QED) is 0.568. The lowest BCUT2D eigenvalue weighted by molar-refractivity contribution is -0.124. The molecule has 0 N–H and O–H groups in total. The fraction of sp³-hybridized carbons (Fsp3) is 0.208. The summed E-state index contributed by atoms with van der Waals surface area (Å²) < 4.78 is 10.5. The van der Waals surface area contributed by atoms with Crippen molar-refractivity contribution in [3.8, 4) is 11.5 Å². The van der Waals surface area contributed by atoms with Gasteiger partial charge in [0, 0.05) is 19.7 Å². The average molecular weight is 375 g/mol. The summed E-state index contributed by atoms with van der Waals surface area (Å²) >= 11 is 0. The van der Waals surface area contributed by atoms with Crippen LogP contribution in [0.3, 0.4) is 0 Å². The summed E-state index contributed by atoms with van der Waals surface area (Å²) in [7, 11) is 5.02. The molecular formula is C24H25NO3. The number of nitrogens with zero attached hydrogens (tertiary/aromatic N) is 1. The number of likely N-dealkylation sites (N-methyl/N-ethyl adjacent to an activating group) is 1. The Morgan fingerprint density at radius 1 is 0.964 bits per heavy atom. The number of hydrogen-bond donors (Lipinski definition) is 0. The Balaban J connectivity index is 1.64. The van der Waals surface area contributed by atoms with Crippen molar-refractivity contribution in [2.75, 3.05) is 27.8 Å². The highest BCUT2D eigenvalue weighted by Crippen LogP contribution is 2.28. The van der Waals surface area contributed by atoms with Crippen LogP contribution >= 0.6 is 0 Å². The first-order chi connectivity index (χ1) is 13.6. The number of hydrogen-bond acceptors (Lipinski definition) is 3. The van der Waals surface area contributed by atoms with Gasteiger partial charge in [0.25, 0.3) is 0 Å². The molecule has 0 aromatic heterocycles. The molecule has 1 amide bonds. The lowest BCUT2D eigenvalue weighted by Crippen LogP contribution is -2.27. The molecule has 0 unspecified atom stereocenters. The summed E-state index contributed by atoms with van der Waals surface area (Å²) in [5.41, 5.74) is 2.13. The topological polar surface area (TPSA) is 38.8 Å². The molecule has 0 fully saturated rings. The van der Waals surface area contributed by atoms with E-state index in [9.17, 15) is 4.79 Å². The van der Waals surface area contributed by atoms with Gasteiger partial charge in [0.1, 0.15) is 0 Å². The van der Waals surface area contributed by atoms with Gasteiger partial charge in [-0.3, -0.25) is 4.79 Å². The Bertz CT molecular complexity index is 989. The zero-order chi connectivity index (χ0) is 19.9. The normalized spacial score (nSPS) is 11.0. The van der Waals surface area contributed by atoms with Gasteiger partial charge in [-0.2, -0.15) is 0 Å². The smallest absolute Gasteiger partial charge is 0.246 e. The van der Waals surface area contributed by atoms with Gasteiger partial charge in [0.15, 0.2) is 11.5 Å². The molecule has 0 aliphatic rings. The molecule has 4 heteroatoms. The fourth-order valence-electron chi connectivity index (χ4n) is 3.16. The van der Waals surface area contributed by atoms with Crippen molar-refractivity contribution in [3.63, 3.8) is 0 Å². The maximum Gasteiger partial charge on any atom is 0.246 e. The number of amides is 1. The predicted octanol–water partition coefficient (Wildman–Crippen LogP) is 4.57. The SMILES string of the molecule is COc1ccc(/C=C/C(=O)N(C)CCc2cccc3ccccc23)cc1OC. The molecule has 144 valence electrons. The summed E-state index contributed by atoms with van der Waals surface area (Å²) in [4.78, 5) is 14.2. The third kappa shape index (κ3) is 4.52. The summed E-state index contributed by atoms with van der Waals surface area (Å²) in [5, 5.41) is 2.47. The number of rotatable bonds is 7. The van der Waals surface area contributed by atoms with Crippen LogP contribution in [0.5, 0.6) is 11.5 Å². The van der Waals surface area contributed by atoms with E-state index >= 15 is 0 Å². The van der Waals surface area contributed by atoms with Gasteiger partial charge >= 0.3 is 0 Å². The highest BCUT2D eigenvalue weighted by atomic mass is 16.5. The van der Waals surface area contributed by atoms with Crippen molar-refractivity contribution >= 4 is 22.8 Å². The van der Waals surface area contributed by atoms with Crippen LogP contribution < -0.4 is 9.47 Å². The van der Waals surface area contributed by atoms with E-state index in [0.717, 1.165) is 12.0 Å². The molecule has 0 atom stereocenters. The van der Waals surface area contributed by atoms with Gasteiger partial charge in [0.2, 0.25) is 5.91 Å². The lowest BCUT2D eigenvalue weighted by Gasteiger charge is -2.16. The minimum absolute atomic E-state index is 0.0324. The van der Waals surface area contributed by atoms with E-state index in [1.807, 2.05) is 37.4 Å². The van der Waals surface area contributed by atoms with Crippen LogP contribution in [0.2, 0.25) is 0 Å². The van der Waals surface area contributed by atoms with Crippen LogP contribution in [0, 0.1) is 0 Å². The van der Waals surface area contributed by atoms with E-state index in [1.165, 1.54) is 16.3 Å². The lowest BCUT2D eigenvalue weighted by atomic mass is 10.0. The first-order valence-electron chi connectivity index (χ1n) is 9.24. The maximum atomic E-state index is 12.5. The largest absolute Gasteiger partial charge is 0.493 e. The van der Waals surface area contributed by atoms with E-state index in [4.69, 9.17) is 9.47 Å². The third-order valence-electron chi connectivity index (χ3n) is 4.80. The van der Waals surface area contributed by atoms with Gasteiger partial charge in [-0.15, -0.1) is 0 Å². The summed E-state index contributed by atoms with van der Waals surface area (Å²) in [6, 6.07) is 20.2. The predicted molar refractivity (Wildman–Crippen MR) is 114 cm³/mol. The minimum atomic E-state index is -0.0324. The molecule has 28 heavy (non-hydrogen) atoms. The van der Waals surface area contributed by atoms with Crippen LogP contribution in [0.1, 0.15) is 11.1 Å². The molecule has 0 spiro atoms. The van der Waals surface area contributed by atoms with Crippen molar-refractivity contribution < 1.29 is 14.3 Å². The van der Waals surface area contributed by atoms with Gasteiger partial charge in [-0.1, -0.05) is 48.5 Å². The van der Waals surface area contributed by atoms with Gasteiger partial charge in [-0.25, -0.2) is 0 Å². The second-order valence-electron chi connectivity index (χ2n) is 6.60. The maximum absolute atomic E-state index is 12.5. The second kappa shape index (κ2) is 9.09. The molecule has 3 rings (SSSR count). The molecule has 3 aromatic rings.